The Morgan fingerprint density at radius 3 is 2.72 bits per heavy atom. The second-order valence-electron chi connectivity index (χ2n) is 3.75. The lowest BCUT2D eigenvalue weighted by atomic mass is 10.2. The summed E-state index contributed by atoms with van der Waals surface area (Å²) in [5, 5.41) is 5.22. The number of sulfonamides is 1. The predicted octanol–water partition coefficient (Wildman–Crippen LogP) is 1.62. The van der Waals surface area contributed by atoms with Crippen LogP contribution in [0.5, 0.6) is 0 Å². The zero-order valence-corrected chi connectivity index (χ0v) is 11.1. The number of rotatable bonds is 3. The van der Waals surface area contributed by atoms with Crippen LogP contribution in [-0.2, 0) is 14.8 Å². The Bertz CT molecular complexity index is 625. The van der Waals surface area contributed by atoms with Crippen molar-refractivity contribution >= 4 is 27.8 Å². The van der Waals surface area contributed by atoms with Crippen molar-refractivity contribution in [2.75, 3.05) is 5.88 Å². The molecule has 0 saturated heterocycles. The highest BCUT2D eigenvalue weighted by atomic mass is 32.2. The number of hydrogen-bond acceptors (Lipinski definition) is 5. The van der Waals surface area contributed by atoms with Crippen LogP contribution >= 0.6 is 11.8 Å². The molecule has 0 atom stereocenters. The molecule has 0 aromatic heterocycles. The van der Waals surface area contributed by atoms with Gasteiger partial charge in [-0.3, -0.25) is 0 Å². The molecule has 0 aliphatic carbocycles. The number of benzene rings is 1. The Morgan fingerprint density at radius 2 is 2.11 bits per heavy atom. The van der Waals surface area contributed by atoms with Crippen LogP contribution in [0.2, 0.25) is 0 Å². The smallest absolute Gasteiger partial charge is 0.353 e. The number of carbonyl (C=O) groups is 1. The fourth-order valence-electron chi connectivity index (χ4n) is 1.50. The Hall–Kier alpha value is -1.47. The van der Waals surface area contributed by atoms with Crippen LogP contribution in [0.15, 0.2) is 40.3 Å². The Balaban J connectivity index is 2.38. The van der Waals surface area contributed by atoms with E-state index in [-0.39, 0.29) is 16.5 Å². The van der Waals surface area contributed by atoms with Gasteiger partial charge in [0.25, 0.3) is 11.5 Å². The average molecular weight is 286 g/mol. The molecule has 18 heavy (non-hydrogen) atoms. The highest BCUT2D eigenvalue weighted by molar-refractivity contribution is 8.03. The molecular weight excluding hydrogens is 274 g/mol. The first-order chi connectivity index (χ1) is 8.96. The van der Waals surface area contributed by atoms with E-state index in [2.05, 4.69) is 5.11 Å². The normalized spacial score (nSPS) is 16.2. The molecule has 0 unspecified atom stereocenters. The van der Waals surface area contributed by atoms with E-state index in [1.165, 1.54) is 17.5 Å². The highest BCUT2D eigenvalue weighted by Crippen LogP contribution is 2.30. The maximum absolute atomic E-state index is 12.4. The summed E-state index contributed by atoms with van der Waals surface area (Å²) in [7, 11) is -3.80. The van der Waals surface area contributed by atoms with Gasteiger partial charge in [-0.2, -0.15) is 0 Å². The zero-order valence-electron chi connectivity index (χ0n) is 10.5. The lowest BCUT2D eigenvalue weighted by molar-refractivity contribution is -0.133. The third-order valence-electron chi connectivity index (χ3n) is 2.47. The maximum atomic E-state index is 12.4. The van der Waals surface area contributed by atoms with Gasteiger partial charge in [-0.1, -0.05) is 17.7 Å². The molecule has 0 fully saturated rings. The summed E-state index contributed by atoms with van der Waals surface area (Å²) in [6.45, 7) is 1.85. The standard InChI is InChI=1S/C11H11NO4S2/c1-8-2-4-9(5-3-8)18(15,16)12-7-17-6-10(12)11(13)14/h2-6H,7H2,1H3,(H,13,14)/i/hD. The summed E-state index contributed by atoms with van der Waals surface area (Å²) in [6.07, 6.45) is 0. The zero-order chi connectivity index (χ0) is 14.0. The van der Waals surface area contributed by atoms with Crippen LogP contribution < -0.4 is 0 Å². The largest absolute Gasteiger partial charge is 0.477 e. The molecular formula is C11H11NO4S2. The van der Waals surface area contributed by atoms with Gasteiger partial charge < -0.3 is 5.11 Å². The summed E-state index contributed by atoms with van der Waals surface area (Å²) < 4.78 is 32.3. The molecule has 96 valence electrons. The first-order valence-electron chi connectivity index (χ1n) is 5.46. The molecule has 0 bridgehead atoms. The fraction of sp³-hybridized carbons (Fsp3) is 0.182. The number of aliphatic carboxylic acids is 1. The topological polar surface area (TPSA) is 74.7 Å². The van der Waals surface area contributed by atoms with Crippen LogP contribution in [0.25, 0.3) is 1.43 Å². The summed E-state index contributed by atoms with van der Waals surface area (Å²) >= 11 is 1.16. The molecule has 2 rings (SSSR count). The second kappa shape index (κ2) is 4.66. The van der Waals surface area contributed by atoms with Crippen LogP contribution in [0.3, 0.4) is 0 Å². The predicted molar refractivity (Wildman–Crippen MR) is 68.4 cm³/mol. The molecule has 0 spiro atoms. The number of carboxylic acids is 1. The van der Waals surface area contributed by atoms with Crippen LogP contribution in [0.1, 0.15) is 5.56 Å². The number of carboxylic acid groups (broad SMARTS) is 1. The summed E-state index contributed by atoms with van der Waals surface area (Å²) in [5.41, 5.74) is 0.802. The van der Waals surface area contributed by atoms with Gasteiger partial charge in [-0.15, -0.1) is 11.8 Å². The van der Waals surface area contributed by atoms with Crippen molar-refractivity contribution in [3.05, 3.63) is 40.9 Å². The van der Waals surface area contributed by atoms with Gasteiger partial charge in [0, 0.05) is 5.41 Å². The van der Waals surface area contributed by atoms with Crippen LogP contribution in [0.4, 0.5) is 0 Å². The maximum Gasteiger partial charge on any atom is 0.353 e. The van der Waals surface area contributed by atoms with Crippen molar-refractivity contribution in [3.8, 4) is 0 Å². The fourth-order valence-corrected chi connectivity index (χ4v) is 4.15. The van der Waals surface area contributed by atoms with E-state index in [1.54, 1.807) is 12.1 Å². The van der Waals surface area contributed by atoms with Gasteiger partial charge in [0.05, 0.1) is 10.8 Å². The number of nitrogens with zero attached hydrogens (tertiary/aromatic N) is 1. The number of aryl methyl sites for hydroxylation is 1. The van der Waals surface area contributed by atoms with Gasteiger partial charge in [0.2, 0.25) is 0 Å². The Labute approximate surface area is 111 Å². The van der Waals surface area contributed by atoms with Gasteiger partial charge >= 0.3 is 5.97 Å². The van der Waals surface area contributed by atoms with E-state index in [4.69, 9.17) is 1.43 Å². The minimum absolute atomic E-state index is 0.0979. The summed E-state index contributed by atoms with van der Waals surface area (Å²) in [6, 6.07) is 6.33. The SMILES string of the molecule is [2H]OC(=O)C1=CSCN1S(=O)(=O)c1ccc(C)cc1. The minimum Gasteiger partial charge on any atom is -0.477 e. The average Bonchev–Trinajstić information content (AvgIpc) is 2.88. The summed E-state index contributed by atoms with van der Waals surface area (Å²) in [5.74, 6) is -0.888. The van der Waals surface area contributed by atoms with Gasteiger partial charge in [0.1, 0.15) is 5.70 Å². The first kappa shape index (κ1) is 11.6. The van der Waals surface area contributed by atoms with E-state index < -0.39 is 16.0 Å². The van der Waals surface area contributed by atoms with Crippen LogP contribution in [0, 0.1) is 6.92 Å². The van der Waals surface area contributed by atoms with Crippen molar-refractivity contribution in [3.63, 3.8) is 0 Å². The molecule has 1 heterocycles. The minimum atomic E-state index is -3.80. The molecule has 0 saturated carbocycles. The molecule has 1 aliphatic rings. The van der Waals surface area contributed by atoms with Gasteiger partial charge in [-0.05, 0) is 19.1 Å². The quantitative estimate of drug-likeness (QED) is 0.914. The van der Waals surface area contributed by atoms with Crippen molar-refractivity contribution in [1.82, 2.24) is 4.31 Å². The Morgan fingerprint density at radius 1 is 1.44 bits per heavy atom. The summed E-state index contributed by atoms with van der Waals surface area (Å²) in [4.78, 5) is 11.5. The van der Waals surface area contributed by atoms with E-state index in [1.807, 2.05) is 6.92 Å². The molecule has 1 aliphatic heterocycles. The molecule has 1 N–H and O–H groups in total. The van der Waals surface area contributed by atoms with E-state index in [0.717, 1.165) is 21.6 Å². The third-order valence-corrected chi connectivity index (χ3v) is 5.21. The van der Waals surface area contributed by atoms with E-state index in [9.17, 15) is 13.2 Å². The number of thioether (sulfide) groups is 1. The van der Waals surface area contributed by atoms with E-state index >= 15 is 0 Å². The molecule has 5 nitrogen and oxygen atoms in total. The highest BCUT2D eigenvalue weighted by Gasteiger charge is 2.33. The monoisotopic (exact) mass is 286 g/mol. The lowest BCUT2D eigenvalue weighted by Crippen LogP contribution is -2.30. The van der Waals surface area contributed by atoms with Gasteiger partial charge in [0.15, 0.2) is 0 Å². The molecule has 0 radical (unpaired) electrons. The first-order valence-corrected chi connectivity index (χ1v) is 7.54. The Kier molecular flexibility index (Phi) is 3.00. The van der Waals surface area contributed by atoms with Crippen molar-refractivity contribution in [2.24, 2.45) is 0 Å². The van der Waals surface area contributed by atoms with Crippen LogP contribution in [-0.4, -0.2) is 29.7 Å². The molecule has 1 aromatic rings. The molecule has 1 aromatic carbocycles. The van der Waals surface area contributed by atoms with E-state index in [0.29, 0.717) is 0 Å². The van der Waals surface area contributed by atoms with Crippen molar-refractivity contribution in [1.29, 1.82) is 1.43 Å². The van der Waals surface area contributed by atoms with Crippen molar-refractivity contribution in [2.45, 2.75) is 11.8 Å². The third kappa shape index (κ3) is 2.23. The second-order valence-corrected chi connectivity index (χ2v) is 6.44. The lowest BCUT2D eigenvalue weighted by Gasteiger charge is -2.19. The van der Waals surface area contributed by atoms with Gasteiger partial charge in [-0.25, -0.2) is 17.5 Å². The number of hydrogen-bond donors (Lipinski definition) is 1. The molecule has 0 amide bonds. The van der Waals surface area contributed by atoms with Crippen molar-refractivity contribution < 1.29 is 18.3 Å². The molecule has 7 heteroatoms.